The van der Waals surface area contributed by atoms with E-state index in [0.29, 0.717) is 0 Å². The van der Waals surface area contributed by atoms with Crippen molar-refractivity contribution >= 4 is 24.1 Å². The van der Waals surface area contributed by atoms with E-state index >= 15 is 0 Å². The van der Waals surface area contributed by atoms with E-state index in [1.54, 1.807) is 0 Å². The quantitative estimate of drug-likeness (QED) is 0.482. The molecule has 0 saturated heterocycles. The predicted octanol–water partition coefficient (Wildman–Crippen LogP) is 5.13. The highest BCUT2D eigenvalue weighted by Gasteiger charge is 2.17. The van der Waals surface area contributed by atoms with Crippen LogP contribution < -0.4 is 0 Å². The molecule has 0 aliphatic heterocycles. The highest BCUT2D eigenvalue weighted by Crippen LogP contribution is 2.27. The van der Waals surface area contributed by atoms with E-state index in [2.05, 4.69) is 37.8 Å². The molecular weight excluding hydrogens is 242 g/mol. The van der Waals surface area contributed by atoms with Crippen LogP contribution in [0.25, 0.3) is 0 Å². The molecule has 0 aromatic carbocycles. The maximum atomic E-state index is 4.77. The van der Waals surface area contributed by atoms with Crippen LogP contribution in [0.4, 0.5) is 0 Å². The zero-order chi connectivity index (χ0) is 12.7. The molecule has 1 aliphatic rings. The maximum Gasteiger partial charge on any atom is 0.108 e. The highest BCUT2D eigenvalue weighted by molar-refractivity contribution is 8.29. The highest BCUT2D eigenvalue weighted by atomic mass is 32.4. The first-order chi connectivity index (χ1) is 7.97. The zero-order valence-corrected chi connectivity index (χ0v) is 13.9. The lowest BCUT2D eigenvalue weighted by molar-refractivity contribution is 0.658. The van der Waals surface area contributed by atoms with E-state index in [1.165, 1.54) is 50.7 Å². The van der Waals surface area contributed by atoms with Crippen molar-refractivity contribution < 1.29 is 0 Å². The van der Waals surface area contributed by atoms with Crippen LogP contribution in [0.1, 0.15) is 51.9 Å². The second kappa shape index (κ2) is 7.62. The van der Waals surface area contributed by atoms with E-state index in [1.807, 2.05) is 0 Å². The summed E-state index contributed by atoms with van der Waals surface area (Å²) in [6, 6.07) is 0. The largest absolute Gasteiger partial charge is 0.294 e. The Morgan fingerprint density at radius 1 is 1.18 bits per heavy atom. The fourth-order valence-corrected chi connectivity index (χ4v) is 7.86. The van der Waals surface area contributed by atoms with Crippen molar-refractivity contribution in [3.63, 3.8) is 0 Å². The molecule has 0 N–H and O–H groups in total. The fraction of sp³-hybridized carbons (Fsp3) is 0.929. The molecule has 17 heavy (non-hydrogen) atoms. The third-order valence-corrected chi connectivity index (χ3v) is 7.76. The molecule has 0 aromatic rings. The van der Waals surface area contributed by atoms with Crippen molar-refractivity contribution in [2.24, 2.45) is 4.99 Å². The Balaban J connectivity index is 2.10. The van der Waals surface area contributed by atoms with Gasteiger partial charge in [0.05, 0.1) is 0 Å². The minimum atomic E-state index is -0.932. The summed E-state index contributed by atoms with van der Waals surface area (Å²) in [5.41, 5.74) is 1.50. The first-order valence-electron chi connectivity index (χ1n) is 7.17. The number of rotatable bonds is 6. The monoisotopic (exact) mass is 271 g/mol. The minimum Gasteiger partial charge on any atom is -0.294 e. The van der Waals surface area contributed by atoms with Gasteiger partial charge in [-0.2, -0.15) is 11.2 Å². The molecule has 0 heterocycles. The standard InChI is InChI=1S/C14H29NSSi/c1-13(16-17(2,3)4)9-8-12-15-14-10-6-5-7-11-14/h13H,5-12H2,1-4H3. The van der Waals surface area contributed by atoms with Crippen LogP contribution in [0.2, 0.25) is 19.6 Å². The van der Waals surface area contributed by atoms with Gasteiger partial charge in [0.1, 0.15) is 7.22 Å². The first-order valence-corrected chi connectivity index (χ1v) is 12.3. The number of hydrogen-bond acceptors (Lipinski definition) is 2. The molecule has 0 spiro atoms. The van der Waals surface area contributed by atoms with Crippen molar-refractivity contribution in [3.05, 3.63) is 0 Å². The number of hydrogen-bond donors (Lipinski definition) is 0. The van der Waals surface area contributed by atoms with Gasteiger partial charge in [0, 0.05) is 12.3 Å². The predicted molar refractivity (Wildman–Crippen MR) is 85.0 cm³/mol. The molecule has 1 nitrogen and oxygen atoms in total. The topological polar surface area (TPSA) is 12.4 Å². The summed E-state index contributed by atoms with van der Waals surface area (Å²) in [4.78, 5) is 4.77. The molecule has 1 atom stereocenters. The van der Waals surface area contributed by atoms with Crippen LogP contribution in [-0.2, 0) is 0 Å². The van der Waals surface area contributed by atoms with Gasteiger partial charge in [-0.3, -0.25) is 4.99 Å². The Morgan fingerprint density at radius 2 is 1.82 bits per heavy atom. The average molecular weight is 272 g/mol. The van der Waals surface area contributed by atoms with Gasteiger partial charge in [-0.05, 0) is 43.8 Å². The molecule has 0 bridgehead atoms. The van der Waals surface area contributed by atoms with Crippen LogP contribution in [-0.4, -0.2) is 24.7 Å². The van der Waals surface area contributed by atoms with Crippen molar-refractivity contribution in [2.75, 3.05) is 6.54 Å². The summed E-state index contributed by atoms with van der Waals surface area (Å²) in [5.74, 6) is 0. The van der Waals surface area contributed by atoms with Crippen LogP contribution >= 0.6 is 11.2 Å². The van der Waals surface area contributed by atoms with Crippen LogP contribution in [0, 0.1) is 0 Å². The molecular formula is C14H29NSSi. The Morgan fingerprint density at radius 3 is 2.41 bits per heavy atom. The number of aliphatic imine (C=N–C) groups is 1. The SMILES string of the molecule is CC(CCCN=C1CCCCC1)S[Si](C)(C)C. The third-order valence-electron chi connectivity index (χ3n) is 3.09. The van der Waals surface area contributed by atoms with Crippen molar-refractivity contribution in [2.45, 2.75) is 76.8 Å². The van der Waals surface area contributed by atoms with Crippen LogP contribution in [0.15, 0.2) is 4.99 Å². The summed E-state index contributed by atoms with van der Waals surface area (Å²) in [5, 5.41) is 0.827. The second-order valence-corrected chi connectivity index (χ2v) is 15.8. The maximum absolute atomic E-state index is 4.77. The lowest BCUT2D eigenvalue weighted by atomic mass is 9.98. The van der Waals surface area contributed by atoms with Crippen LogP contribution in [0.5, 0.6) is 0 Å². The van der Waals surface area contributed by atoms with E-state index in [-0.39, 0.29) is 0 Å². The molecule has 0 radical (unpaired) electrons. The summed E-state index contributed by atoms with van der Waals surface area (Å²) >= 11 is 2.23. The molecule has 0 amide bonds. The molecule has 1 unspecified atom stereocenters. The van der Waals surface area contributed by atoms with E-state index in [0.717, 1.165) is 11.8 Å². The van der Waals surface area contributed by atoms with Gasteiger partial charge in [-0.1, -0.05) is 33.0 Å². The van der Waals surface area contributed by atoms with Gasteiger partial charge in [0.25, 0.3) is 0 Å². The molecule has 1 fully saturated rings. The molecule has 0 aromatic heterocycles. The van der Waals surface area contributed by atoms with Gasteiger partial charge in [0.2, 0.25) is 0 Å². The van der Waals surface area contributed by atoms with Crippen molar-refractivity contribution in [1.29, 1.82) is 0 Å². The molecule has 1 aliphatic carbocycles. The Kier molecular flexibility index (Phi) is 6.86. The molecule has 3 heteroatoms. The Hall–Kier alpha value is 0.237. The van der Waals surface area contributed by atoms with Crippen LogP contribution in [0.3, 0.4) is 0 Å². The van der Waals surface area contributed by atoms with Crippen molar-refractivity contribution in [1.82, 2.24) is 0 Å². The lowest BCUT2D eigenvalue weighted by Crippen LogP contribution is -2.18. The van der Waals surface area contributed by atoms with E-state index < -0.39 is 7.22 Å². The summed E-state index contributed by atoms with van der Waals surface area (Å²) in [6.45, 7) is 10.8. The fourth-order valence-electron chi connectivity index (χ4n) is 2.40. The third kappa shape index (κ3) is 8.04. The number of nitrogens with zero attached hydrogens (tertiary/aromatic N) is 1. The van der Waals surface area contributed by atoms with Gasteiger partial charge >= 0.3 is 0 Å². The van der Waals surface area contributed by atoms with Gasteiger partial charge < -0.3 is 0 Å². The average Bonchev–Trinajstić information content (AvgIpc) is 2.23. The smallest absolute Gasteiger partial charge is 0.108 e. The van der Waals surface area contributed by atoms with Gasteiger partial charge in [-0.15, -0.1) is 0 Å². The Labute approximate surface area is 113 Å². The van der Waals surface area contributed by atoms with Crippen molar-refractivity contribution in [3.8, 4) is 0 Å². The second-order valence-electron chi connectivity index (χ2n) is 6.19. The molecule has 1 saturated carbocycles. The zero-order valence-electron chi connectivity index (χ0n) is 12.1. The van der Waals surface area contributed by atoms with E-state index in [9.17, 15) is 0 Å². The van der Waals surface area contributed by atoms with E-state index in [4.69, 9.17) is 4.99 Å². The van der Waals surface area contributed by atoms with Gasteiger partial charge in [0.15, 0.2) is 0 Å². The summed E-state index contributed by atoms with van der Waals surface area (Å²) in [7, 11) is -0.932. The summed E-state index contributed by atoms with van der Waals surface area (Å²) in [6.07, 6.45) is 9.34. The first kappa shape index (κ1) is 15.3. The lowest BCUT2D eigenvalue weighted by Gasteiger charge is -2.21. The molecule has 1 rings (SSSR count). The normalized spacial score (nSPS) is 19.2. The Bertz CT molecular complexity index is 237. The molecule has 100 valence electrons. The summed E-state index contributed by atoms with van der Waals surface area (Å²) < 4.78 is 0. The van der Waals surface area contributed by atoms with Gasteiger partial charge in [-0.25, -0.2) is 0 Å². The minimum absolute atomic E-state index is 0.827.